The zero-order valence-electron chi connectivity index (χ0n) is 11.6. The Kier molecular flexibility index (Phi) is 4.66. The van der Waals surface area contributed by atoms with E-state index in [9.17, 15) is 0 Å². The van der Waals surface area contributed by atoms with Gasteiger partial charge in [-0.2, -0.15) is 0 Å². The Morgan fingerprint density at radius 1 is 1.44 bits per heavy atom. The molecule has 0 unspecified atom stereocenters. The van der Waals surface area contributed by atoms with Gasteiger partial charge in [-0.15, -0.1) is 0 Å². The number of rotatable bonds is 7. The normalized spacial score (nSPS) is 15.3. The fraction of sp³-hybridized carbons (Fsp3) is 0.714. The van der Waals surface area contributed by atoms with Gasteiger partial charge in [-0.3, -0.25) is 0 Å². The Bertz CT molecular complexity index is 389. The molecule has 0 spiro atoms. The Balaban J connectivity index is 2.08. The van der Waals surface area contributed by atoms with Crippen LogP contribution < -0.4 is 5.32 Å². The number of hydrogen-bond donors (Lipinski definition) is 1. The fourth-order valence-corrected chi connectivity index (χ4v) is 1.93. The van der Waals surface area contributed by atoms with Gasteiger partial charge in [0, 0.05) is 43.8 Å². The third kappa shape index (κ3) is 3.75. The third-order valence-corrected chi connectivity index (χ3v) is 3.14. The molecule has 1 aliphatic carbocycles. The second-order valence-corrected chi connectivity index (χ2v) is 5.25. The highest BCUT2D eigenvalue weighted by molar-refractivity contribution is 5.25. The minimum atomic E-state index is 0.491. The van der Waals surface area contributed by atoms with E-state index in [4.69, 9.17) is 9.72 Å². The van der Waals surface area contributed by atoms with Crippen LogP contribution in [0.25, 0.3) is 0 Å². The van der Waals surface area contributed by atoms with Gasteiger partial charge in [0.1, 0.15) is 5.82 Å². The number of nitrogens with zero attached hydrogens (tertiary/aromatic N) is 2. The first-order valence-corrected chi connectivity index (χ1v) is 6.77. The first-order chi connectivity index (χ1) is 8.70. The lowest BCUT2D eigenvalue weighted by molar-refractivity contribution is 0.200. The van der Waals surface area contributed by atoms with E-state index < -0.39 is 0 Å². The average molecular weight is 249 g/mol. The van der Waals surface area contributed by atoms with Gasteiger partial charge in [-0.05, 0) is 12.8 Å². The van der Waals surface area contributed by atoms with Crippen LogP contribution in [0.4, 0.5) is 0 Å². The standard InChI is InChI=1S/C14H23N3O/c1-10(2)15-8-12-9-16-13(6-7-18-3)17-14(12)11-4-5-11/h9-11,15H,4-8H2,1-3H3. The molecule has 4 nitrogen and oxygen atoms in total. The van der Waals surface area contributed by atoms with Crippen LogP contribution in [0.3, 0.4) is 0 Å². The molecular weight excluding hydrogens is 226 g/mol. The number of aromatic nitrogens is 2. The summed E-state index contributed by atoms with van der Waals surface area (Å²) in [5.74, 6) is 1.57. The van der Waals surface area contributed by atoms with Gasteiger partial charge in [-0.25, -0.2) is 9.97 Å². The highest BCUT2D eigenvalue weighted by Gasteiger charge is 2.28. The van der Waals surface area contributed by atoms with Gasteiger partial charge in [0.15, 0.2) is 0 Å². The molecule has 18 heavy (non-hydrogen) atoms. The Hall–Kier alpha value is -1.00. The maximum absolute atomic E-state index is 5.08. The molecule has 1 fully saturated rings. The molecule has 0 aliphatic heterocycles. The molecule has 2 rings (SSSR count). The number of methoxy groups -OCH3 is 1. The lowest BCUT2D eigenvalue weighted by Crippen LogP contribution is -2.23. The van der Waals surface area contributed by atoms with Crippen LogP contribution in [0.15, 0.2) is 6.20 Å². The van der Waals surface area contributed by atoms with Gasteiger partial charge in [0.05, 0.1) is 12.3 Å². The second-order valence-electron chi connectivity index (χ2n) is 5.25. The molecule has 100 valence electrons. The van der Waals surface area contributed by atoms with E-state index in [-0.39, 0.29) is 0 Å². The molecule has 1 aromatic rings. The Labute approximate surface area is 109 Å². The quantitative estimate of drug-likeness (QED) is 0.803. The van der Waals surface area contributed by atoms with Crippen molar-refractivity contribution in [2.75, 3.05) is 13.7 Å². The van der Waals surface area contributed by atoms with Crippen LogP contribution in [0.2, 0.25) is 0 Å². The van der Waals surface area contributed by atoms with Crippen molar-refractivity contribution >= 4 is 0 Å². The largest absolute Gasteiger partial charge is 0.384 e. The molecule has 1 N–H and O–H groups in total. The van der Waals surface area contributed by atoms with Crippen molar-refractivity contribution in [2.24, 2.45) is 0 Å². The van der Waals surface area contributed by atoms with Crippen LogP contribution in [0, 0.1) is 0 Å². The first-order valence-electron chi connectivity index (χ1n) is 6.77. The van der Waals surface area contributed by atoms with E-state index in [1.807, 2.05) is 6.20 Å². The molecule has 1 saturated carbocycles. The van der Waals surface area contributed by atoms with Crippen LogP contribution in [-0.2, 0) is 17.7 Å². The predicted molar refractivity (Wildman–Crippen MR) is 71.6 cm³/mol. The number of ether oxygens (including phenoxy) is 1. The molecule has 4 heteroatoms. The van der Waals surface area contributed by atoms with Crippen molar-refractivity contribution in [3.05, 3.63) is 23.3 Å². The highest BCUT2D eigenvalue weighted by atomic mass is 16.5. The van der Waals surface area contributed by atoms with E-state index in [0.717, 1.165) is 18.8 Å². The lowest BCUT2D eigenvalue weighted by Gasteiger charge is -2.12. The van der Waals surface area contributed by atoms with Gasteiger partial charge < -0.3 is 10.1 Å². The first kappa shape index (κ1) is 13.4. The van der Waals surface area contributed by atoms with E-state index in [0.29, 0.717) is 18.6 Å². The summed E-state index contributed by atoms with van der Waals surface area (Å²) in [6, 6.07) is 0.491. The minimum Gasteiger partial charge on any atom is -0.384 e. The van der Waals surface area contributed by atoms with E-state index in [1.165, 1.54) is 24.1 Å². The summed E-state index contributed by atoms with van der Waals surface area (Å²) in [7, 11) is 1.71. The topological polar surface area (TPSA) is 47.0 Å². The zero-order valence-corrected chi connectivity index (χ0v) is 11.6. The van der Waals surface area contributed by atoms with Gasteiger partial charge >= 0.3 is 0 Å². The summed E-state index contributed by atoms with van der Waals surface area (Å²) in [6.07, 6.45) is 5.33. The van der Waals surface area contributed by atoms with Crippen molar-refractivity contribution in [3.8, 4) is 0 Å². The molecule has 1 aromatic heterocycles. The third-order valence-electron chi connectivity index (χ3n) is 3.14. The molecule has 0 radical (unpaired) electrons. The SMILES string of the molecule is COCCc1ncc(CNC(C)C)c(C2CC2)n1. The van der Waals surface area contributed by atoms with Crippen molar-refractivity contribution in [1.29, 1.82) is 0 Å². The molecule has 0 atom stereocenters. The average Bonchev–Trinajstić information content (AvgIpc) is 3.18. The molecule has 1 heterocycles. The Morgan fingerprint density at radius 2 is 2.22 bits per heavy atom. The van der Waals surface area contributed by atoms with Crippen LogP contribution in [0.5, 0.6) is 0 Å². The minimum absolute atomic E-state index is 0.491. The molecule has 1 aliphatic rings. The Morgan fingerprint density at radius 3 is 2.83 bits per heavy atom. The fourth-order valence-electron chi connectivity index (χ4n) is 1.93. The van der Waals surface area contributed by atoms with Crippen molar-refractivity contribution in [1.82, 2.24) is 15.3 Å². The zero-order chi connectivity index (χ0) is 13.0. The van der Waals surface area contributed by atoms with E-state index in [2.05, 4.69) is 24.1 Å². The monoisotopic (exact) mass is 249 g/mol. The van der Waals surface area contributed by atoms with E-state index in [1.54, 1.807) is 7.11 Å². The summed E-state index contributed by atoms with van der Waals surface area (Å²) >= 11 is 0. The molecule has 0 aromatic carbocycles. The lowest BCUT2D eigenvalue weighted by atomic mass is 10.1. The maximum atomic E-state index is 5.08. The van der Waals surface area contributed by atoms with Crippen molar-refractivity contribution in [2.45, 2.75) is 51.6 Å². The molecule has 0 saturated heterocycles. The second kappa shape index (κ2) is 6.25. The summed E-state index contributed by atoms with van der Waals surface area (Å²) < 4.78 is 5.08. The van der Waals surface area contributed by atoms with Crippen molar-refractivity contribution in [3.63, 3.8) is 0 Å². The smallest absolute Gasteiger partial charge is 0.130 e. The molecule has 0 bridgehead atoms. The molecule has 0 amide bonds. The summed E-state index contributed by atoms with van der Waals surface area (Å²) in [6.45, 7) is 5.87. The molecular formula is C14H23N3O. The summed E-state index contributed by atoms with van der Waals surface area (Å²) in [5, 5.41) is 3.44. The maximum Gasteiger partial charge on any atom is 0.130 e. The van der Waals surface area contributed by atoms with Crippen molar-refractivity contribution < 1.29 is 4.74 Å². The van der Waals surface area contributed by atoms with E-state index >= 15 is 0 Å². The number of nitrogens with one attached hydrogen (secondary N) is 1. The van der Waals surface area contributed by atoms with Crippen LogP contribution in [0.1, 0.15) is 49.7 Å². The van der Waals surface area contributed by atoms with Gasteiger partial charge in [-0.1, -0.05) is 13.8 Å². The van der Waals surface area contributed by atoms with Gasteiger partial charge in [0.25, 0.3) is 0 Å². The van der Waals surface area contributed by atoms with Crippen LogP contribution >= 0.6 is 0 Å². The summed E-state index contributed by atoms with van der Waals surface area (Å²) in [5.41, 5.74) is 2.51. The number of hydrogen-bond acceptors (Lipinski definition) is 4. The van der Waals surface area contributed by atoms with Crippen LogP contribution in [-0.4, -0.2) is 29.7 Å². The highest BCUT2D eigenvalue weighted by Crippen LogP contribution is 2.40. The summed E-state index contributed by atoms with van der Waals surface area (Å²) in [4.78, 5) is 9.15. The predicted octanol–water partition coefficient (Wildman–Crippen LogP) is 2.04. The van der Waals surface area contributed by atoms with Gasteiger partial charge in [0.2, 0.25) is 0 Å².